The third-order valence-corrected chi connectivity index (χ3v) is 3.54. The molecule has 1 aliphatic heterocycles. The monoisotopic (exact) mass is 297 g/mol. The molecule has 1 aromatic rings. The highest BCUT2D eigenvalue weighted by Gasteiger charge is 2.24. The van der Waals surface area contributed by atoms with Gasteiger partial charge >= 0.3 is 5.97 Å². The largest absolute Gasteiger partial charge is 0.469 e. The molecular weight excluding hydrogens is 274 g/mol. The number of tetrazole rings is 1. The lowest BCUT2D eigenvalue weighted by Crippen LogP contribution is -2.43. The molecule has 0 spiro atoms. The Hall–Kier alpha value is -1.54. The van der Waals surface area contributed by atoms with E-state index in [1.54, 1.807) is 0 Å². The van der Waals surface area contributed by atoms with Crippen molar-refractivity contribution in [1.82, 2.24) is 25.1 Å². The van der Waals surface area contributed by atoms with Crippen molar-refractivity contribution in [2.45, 2.75) is 45.4 Å². The molecule has 1 aromatic heterocycles. The molecular formula is C13H23N5O3. The van der Waals surface area contributed by atoms with E-state index in [2.05, 4.69) is 32.1 Å². The summed E-state index contributed by atoms with van der Waals surface area (Å²) in [6.07, 6.45) is 2.34. The molecule has 0 aliphatic carbocycles. The standard InChI is InChI=1S/C13H23N5O3/c1-3-4-5-18-12(14-15-16-18)10-17-6-7-21-11(9-17)8-13(19)20-2/h11H,3-10H2,1-2H3. The topological polar surface area (TPSA) is 82.4 Å². The van der Waals surface area contributed by atoms with Gasteiger partial charge in [-0.3, -0.25) is 9.69 Å². The fourth-order valence-corrected chi connectivity index (χ4v) is 2.33. The molecule has 0 N–H and O–H groups in total. The van der Waals surface area contributed by atoms with E-state index in [4.69, 9.17) is 4.74 Å². The van der Waals surface area contributed by atoms with Gasteiger partial charge in [-0.05, 0) is 16.8 Å². The molecule has 118 valence electrons. The molecule has 8 heteroatoms. The number of esters is 1. The van der Waals surface area contributed by atoms with Crippen LogP contribution in [0.5, 0.6) is 0 Å². The Morgan fingerprint density at radius 1 is 1.52 bits per heavy atom. The van der Waals surface area contributed by atoms with Crippen LogP contribution in [0.4, 0.5) is 0 Å². The molecule has 21 heavy (non-hydrogen) atoms. The second kappa shape index (κ2) is 8.04. The van der Waals surface area contributed by atoms with Crippen molar-refractivity contribution in [3.8, 4) is 0 Å². The summed E-state index contributed by atoms with van der Waals surface area (Å²) >= 11 is 0. The number of unbranched alkanes of at least 4 members (excludes halogenated alkanes) is 1. The molecule has 1 saturated heterocycles. The van der Waals surface area contributed by atoms with Crippen molar-refractivity contribution in [1.29, 1.82) is 0 Å². The normalized spacial score (nSPS) is 19.6. The van der Waals surface area contributed by atoms with Crippen molar-refractivity contribution in [3.63, 3.8) is 0 Å². The lowest BCUT2D eigenvalue weighted by molar-refractivity contribution is -0.145. The summed E-state index contributed by atoms with van der Waals surface area (Å²) < 4.78 is 12.1. The van der Waals surface area contributed by atoms with Crippen molar-refractivity contribution in [2.75, 3.05) is 26.8 Å². The van der Waals surface area contributed by atoms with Gasteiger partial charge < -0.3 is 9.47 Å². The minimum Gasteiger partial charge on any atom is -0.469 e. The molecule has 0 aromatic carbocycles. The number of methoxy groups -OCH3 is 1. The predicted molar refractivity (Wildman–Crippen MR) is 74.4 cm³/mol. The molecule has 0 saturated carbocycles. The average molecular weight is 297 g/mol. The molecule has 2 rings (SSSR count). The number of ether oxygens (including phenoxy) is 2. The molecule has 0 radical (unpaired) electrons. The number of aromatic nitrogens is 4. The SMILES string of the molecule is CCCCn1nnnc1CN1CCOC(CC(=O)OC)C1. The lowest BCUT2D eigenvalue weighted by atomic mass is 10.2. The van der Waals surface area contributed by atoms with E-state index in [1.807, 2.05) is 4.68 Å². The number of hydrogen-bond donors (Lipinski definition) is 0. The van der Waals surface area contributed by atoms with Crippen molar-refractivity contribution < 1.29 is 14.3 Å². The molecule has 1 fully saturated rings. The van der Waals surface area contributed by atoms with Crippen molar-refractivity contribution >= 4 is 5.97 Å². The van der Waals surface area contributed by atoms with Gasteiger partial charge in [0.25, 0.3) is 0 Å². The van der Waals surface area contributed by atoms with Crippen LogP contribution in [0.3, 0.4) is 0 Å². The summed E-state index contributed by atoms with van der Waals surface area (Å²) in [7, 11) is 1.39. The molecule has 0 amide bonds. The number of aryl methyl sites for hydroxylation is 1. The van der Waals surface area contributed by atoms with E-state index in [-0.39, 0.29) is 18.5 Å². The smallest absolute Gasteiger partial charge is 0.308 e. The molecule has 8 nitrogen and oxygen atoms in total. The van der Waals surface area contributed by atoms with Crippen LogP contribution in [-0.4, -0.2) is 64.0 Å². The van der Waals surface area contributed by atoms with E-state index in [9.17, 15) is 4.79 Å². The van der Waals surface area contributed by atoms with Gasteiger partial charge in [0.15, 0.2) is 5.82 Å². The summed E-state index contributed by atoms with van der Waals surface area (Å²) in [6.45, 7) is 5.78. The first-order chi connectivity index (χ1) is 10.2. The number of carbonyl (C=O) groups excluding carboxylic acids is 1. The maximum Gasteiger partial charge on any atom is 0.308 e. The minimum absolute atomic E-state index is 0.119. The average Bonchev–Trinajstić information content (AvgIpc) is 2.92. The van der Waals surface area contributed by atoms with Crippen LogP contribution >= 0.6 is 0 Å². The second-order valence-corrected chi connectivity index (χ2v) is 5.18. The van der Waals surface area contributed by atoms with E-state index in [0.29, 0.717) is 19.7 Å². The van der Waals surface area contributed by atoms with E-state index in [1.165, 1.54) is 7.11 Å². The number of morpholine rings is 1. The number of hydrogen-bond acceptors (Lipinski definition) is 7. The van der Waals surface area contributed by atoms with Gasteiger partial charge in [0, 0.05) is 19.6 Å². The van der Waals surface area contributed by atoms with Crippen molar-refractivity contribution in [2.24, 2.45) is 0 Å². The van der Waals surface area contributed by atoms with E-state index < -0.39 is 0 Å². The highest BCUT2D eigenvalue weighted by atomic mass is 16.5. The van der Waals surface area contributed by atoms with Gasteiger partial charge in [-0.2, -0.15) is 0 Å². The van der Waals surface area contributed by atoms with Crippen LogP contribution in [0, 0.1) is 0 Å². The highest BCUT2D eigenvalue weighted by molar-refractivity contribution is 5.69. The van der Waals surface area contributed by atoms with E-state index >= 15 is 0 Å². The summed E-state index contributed by atoms with van der Waals surface area (Å²) in [5.74, 6) is 0.622. The maximum absolute atomic E-state index is 11.3. The summed E-state index contributed by atoms with van der Waals surface area (Å²) in [6, 6.07) is 0. The van der Waals surface area contributed by atoms with Crippen LogP contribution in [0.25, 0.3) is 0 Å². The van der Waals surface area contributed by atoms with Gasteiger partial charge in [-0.1, -0.05) is 13.3 Å². The van der Waals surface area contributed by atoms with Crippen LogP contribution in [0.1, 0.15) is 32.0 Å². The van der Waals surface area contributed by atoms with Gasteiger partial charge in [-0.25, -0.2) is 4.68 Å². The fraction of sp³-hybridized carbons (Fsp3) is 0.846. The minimum atomic E-state index is -0.241. The first-order valence-corrected chi connectivity index (χ1v) is 7.38. The second-order valence-electron chi connectivity index (χ2n) is 5.18. The van der Waals surface area contributed by atoms with Crippen LogP contribution in [0.2, 0.25) is 0 Å². The number of rotatable bonds is 7. The van der Waals surface area contributed by atoms with Crippen LogP contribution < -0.4 is 0 Å². The van der Waals surface area contributed by atoms with Gasteiger partial charge in [0.1, 0.15) is 0 Å². The summed E-state index contributed by atoms with van der Waals surface area (Å²) in [4.78, 5) is 13.5. The molecule has 1 unspecified atom stereocenters. The molecule has 0 bridgehead atoms. The fourth-order valence-electron chi connectivity index (χ4n) is 2.33. The Kier molecular flexibility index (Phi) is 6.06. The zero-order valence-electron chi connectivity index (χ0n) is 12.7. The third-order valence-electron chi connectivity index (χ3n) is 3.54. The highest BCUT2D eigenvalue weighted by Crippen LogP contribution is 2.12. The van der Waals surface area contributed by atoms with Gasteiger partial charge in [0.2, 0.25) is 0 Å². The summed E-state index contributed by atoms with van der Waals surface area (Å²) in [5, 5.41) is 11.9. The lowest BCUT2D eigenvalue weighted by Gasteiger charge is -2.31. The van der Waals surface area contributed by atoms with Crippen LogP contribution in [-0.2, 0) is 27.4 Å². The van der Waals surface area contributed by atoms with Crippen LogP contribution in [0.15, 0.2) is 0 Å². The molecule has 2 heterocycles. The quantitative estimate of drug-likeness (QED) is 0.667. The van der Waals surface area contributed by atoms with Gasteiger partial charge in [0.05, 0.1) is 32.8 Å². The Morgan fingerprint density at radius 2 is 2.38 bits per heavy atom. The van der Waals surface area contributed by atoms with Gasteiger partial charge in [-0.15, -0.1) is 5.10 Å². The number of nitrogens with zero attached hydrogens (tertiary/aromatic N) is 5. The van der Waals surface area contributed by atoms with Crippen molar-refractivity contribution in [3.05, 3.63) is 5.82 Å². The third kappa shape index (κ3) is 4.75. The Balaban J connectivity index is 1.87. The number of carbonyl (C=O) groups is 1. The first-order valence-electron chi connectivity index (χ1n) is 7.38. The predicted octanol–water partition coefficient (Wildman–Crippen LogP) is 0.237. The summed E-state index contributed by atoms with van der Waals surface area (Å²) in [5.41, 5.74) is 0. The maximum atomic E-state index is 11.3. The zero-order valence-corrected chi connectivity index (χ0v) is 12.7. The zero-order chi connectivity index (χ0) is 15.1. The molecule has 1 aliphatic rings. The van der Waals surface area contributed by atoms with E-state index in [0.717, 1.165) is 31.8 Å². The molecule has 1 atom stereocenters. The Labute approximate surface area is 124 Å². The first kappa shape index (κ1) is 15.8. The Bertz CT molecular complexity index is 451. The Morgan fingerprint density at radius 3 is 3.14 bits per heavy atom.